The number of benzene rings is 13. The van der Waals surface area contributed by atoms with Crippen molar-refractivity contribution < 1.29 is 0 Å². The molecule has 0 atom stereocenters. The summed E-state index contributed by atoms with van der Waals surface area (Å²) in [5, 5.41) is 95.1. The van der Waals surface area contributed by atoms with Crippen LogP contribution in [0, 0.1) is 102 Å². The first-order chi connectivity index (χ1) is 51.0. The molecule has 3 heterocycles. The van der Waals surface area contributed by atoms with E-state index in [1.807, 2.05) is 146 Å². The van der Waals surface area contributed by atoms with Crippen LogP contribution in [0.25, 0.3) is 156 Å². The smallest absolute Gasteiger partial charge is 0.164 e. The van der Waals surface area contributed by atoms with Crippen LogP contribution in [0.5, 0.6) is 0 Å². The van der Waals surface area contributed by atoms with Crippen molar-refractivity contribution in [3.05, 3.63) is 317 Å². The minimum absolute atomic E-state index is 0.327. The third-order valence-corrected chi connectivity index (χ3v) is 18.7. The van der Waals surface area contributed by atoms with Crippen LogP contribution >= 0.6 is 0 Å². The number of nitriles is 9. The zero-order valence-corrected chi connectivity index (χ0v) is 54.7. The van der Waals surface area contributed by atoms with Gasteiger partial charge in [0.2, 0.25) is 0 Å². The summed E-state index contributed by atoms with van der Waals surface area (Å²) in [6, 6.07) is 104. The second-order valence-electron chi connectivity index (χ2n) is 24.9. The van der Waals surface area contributed by atoms with Gasteiger partial charge in [0.1, 0.15) is 0 Å². The van der Waals surface area contributed by atoms with Crippen LogP contribution in [0.3, 0.4) is 0 Å². The number of hydrogen-bond acceptors (Lipinski definition) is 12. The van der Waals surface area contributed by atoms with E-state index in [-0.39, 0.29) is 0 Å². The lowest BCUT2D eigenvalue weighted by atomic mass is 9.92. The van der Waals surface area contributed by atoms with Crippen molar-refractivity contribution in [3.8, 4) is 167 Å². The number of fused-ring (bicyclic) bond motifs is 6. The van der Waals surface area contributed by atoms with E-state index in [4.69, 9.17) is 15.0 Å². The van der Waals surface area contributed by atoms with Crippen molar-refractivity contribution in [1.29, 1.82) is 47.4 Å². The van der Waals surface area contributed by atoms with E-state index in [1.165, 1.54) is 0 Å². The van der Waals surface area contributed by atoms with E-state index in [0.717, 1.165) is 88.1 Å². The van der Waals surface area contributed by atoms with Gasteiger partial charge in [0.15, 0.2) is 17.5 Å². The van der Waals surface area contributed by atoms with Crippen LogP contribution < -0.4 is 0 Å². The predicted molar refractivity (Wildman–Crippen MR) is 400 cm³/mol. The Morgan fingerprint density at radius 1 is 0.202 bits per heavy atom. The maximum absolute atomic E-state index is 10.4. The summed E-state index contributed by atoms with van der Waals surface area (Å²) >= 11 is 0. The average molecular weight is 1320 g/mol. The van der Waals surface area contributed by atoms with Crippen molar-refractivity contribution in [2.24, 2.45) is 0 Å². The summed E-state index contributed by atoms with van der Waals surface area (Å²) in [6.07, 6.45) is 0. The van der Waals surface area contributed by atoms with Crippen molar-refractivity contribution in [2.75, 3.05) is 0 Å². The summed E-state index contributed by atoms with van der Waals surface area (Å²) in [5.41, 5.74) is 18.4. The molecule has 3 aromatic heterocycles. The van der Waals surface area contributed by atoms with Gasteiger partial charge in [0, 0.05) is 49.5 Å². The molecule has 0 bridgehead atoms. The van der Waals surface area contributed by atoms with Crippen molar-refractivity contribution in [2.45, 2.75) is 0 Å². The van der Waals surface area contributed by atoms with Crippen LogP contribution in [0.4, 0.5) is 0 Å². The molecule has 16 rings (SSSR count). The molecule has 14 nitrogen and oxygen atoms in total. The molecule has 0 aliphatic carbocycles. The Morgan fingerprint density at radius 3 is 0.894 bits per heavy atom. The molecule has 474 valence electrons. The molecule has 0 fully saturated rings. The molecule has 104 heavy (non-hydrogen) atoms. The van der Waals surface area contributed by atoms with Crippen LogP contribution in [0.15, 0.2) is 267 Å². The van der Waals surface area contributed by atoms with E-state index in [9.17, 15) is 47.4 Å². The number of nitrogens with zero attached hydrogens (tertiary/aromatic N) is 14. The zero-order valence-electron chi connectivity index (χ0n) is 54.7. The molecule has 14 heteroatoms. The number of rotatable bonds is 11. The summed E-state index contributed by atoms with van der Waals surface area (Å²) < 4.78 is 4.39. The fourth-order valence-corrected chi connectivity index (χ4v) is 13.9. The van der Waals surface area contributed by atoms with Crippen molar-refractivity contribution in [3.63, 3.8) is 0 Å². The SMILES string of the molecule is N#Cc1cccc(-c2ccc(-n3c4ccc(-c5cc(C#N)cc(C#N)c5)cc4c4cc(-c5cc(C#N)cc(C#N)c5)ccc43)c(-c3cc(-n4c5ccc(-c6cc(C#N)cc(C#N)c6)cc5c5cc(-c6cc(C#N)cc(C#N)c6)ccc54)ccc3-c3nc(-c4ccccc4)nc(-c4ccccc4)n3)c2)c1. The summed E-state index contributed by atoms with van der Waals surface area (Å²) in [7, 11) is 0. The third-order valence-electron chi connectivity index (χ3n) is 18.7. The van der Waals surface area contributed by atoms with Gasteiger partial charge in [-0.25, -0.2) is 15.0 Å². The fourth-order valence-electron chi connectivity index (χ4n) is 13.9. The molecule has 0 aliphatic rings. The summed E-state index contributed by atoms with van der Waals surface area (Å²) in [5.74, 6) is 1.22. The van der Waals surface area contributed by atoms with Crippen LogP contribution in [-0.2, 0) is 0 Å². The van der Waals surface area contributed by atoms with Gasteiger partial charge in [-0.15, -0.1) is 0 Å². The monoisotopic (exact) mass is 1320 g/mol. The Hall–Kier alpha value is -16.1. The molecule has 13 aromatic carbocycles. The highest BCUT2D eigenvalue weighted by Crippen LogP contribution is 2.46. The molecule has 0 saturated heterocycles. The Morgan fingerprint density at radius 2 is 0.519 bits per heavy atom. The van der Waals surface area contributed by atoms with E-state index in [1.54, 1.807) is 78.9 Å². The number of hydrogen-bond donors (Lipinski definition) is 0. The molecule has 0 N–H and O–H groups in total. The molecule has 0 unspecified atom stereocenters. The minimum Gasteiger partial charge on any atom is -0.309 e. The zero-order chi connectivity index (χ0) is 71.1. The summed E-state index contributed by atoms with van der Waals surface area (Å²) in [6.45, 7) is 0. The lowest BCUT2D eigenvalue weighted by molar-refractivity contribution is 1.07. The van der Waals surface area contributed by atoms with Crippen molar-refractivity contribution in [1.82, 2.24) is 24.1 Å². The molecule has 16 aromatic rings. The highest BCUT2D eigenvalue weighted by Gasteiger charge is 2.26. The van der Waals surface area contributed by atoms with E-state index in [0.29, 0.717) is 118 Å². The Labute approximate surface area is 595 Å². The molecule has 0 saturated carbocycles. The largest absolute Gasteiger partial charge is 0.309 e. The van der Waals surface area contributed by atoms with Gasteiger partial charge in [-0.1, -0.05) is 103 Å². The maximum Gasteiger partial charge on any atom is 0.164 e. The van der Waals surface area contributed by atoms with Gasteiger partial charge >= 0.3 is 0 Å². The van der Waals surface area contributed by atoms with Gasteiger partial charge in [-0.05, 0) is 225 Å². The first-order valence-electron chi connectivity index (χ1n) is 32.7. The average Bonchev–Trinajstić information content (AvgIpc) is 1.60. The first-order valence-corrected chi connectivity index (χ1v) is 32.7. The second-order valence-corrected chi connectivity index (χ2v) is 24.9. The highest BCUT2D eigenvalue weighted by atomic mass is 15.0. The van der Waals surface area contributed by atoms with Gasteiger partial charge < -0.3 is 9.13 Å². The van der Waals surface area contributed by atoms with Gasteiger partial charge in [-0.3, -0.25) is 0 Å². The Balaban J connectivity index is 1.03. The third kappa shape index (κ3) is 11.3. The van der Waals surface area contributed by atoms with E-state index < -0.39 is 0 Å². The van der Waals surface area contributed by atoms with Crippen LogP contribution in [0.2, 0.25) is 0 Å². The summed E-state index contributed by atoms with van der Waals surface area (Å²) in [4.78, 5) is 15.9. The topological polar surface area (TPSA) is 263 Å². The lowest BCUT2D eigenvalue weighted by Crippen LogP contribution is -2.04. The molecular formula is C90H44N14. The Kier molecular flexibility index (Phi) is 15.7. The maximum atomic E-state index is 10.4. The molecule has 0 spiro atoms. The van der Waals surface area contributed by atoms with Gasteiger partial charge in [0.25, 0.3) is 0 Å². The van der Waals surface area contributed by atoms with E-state index >= 15 is 0 Å². The van der Waals surface area contributed by atoms with Gasteiger partial charge in [-0.2, -0.15) is 47.4 Å². The normalized spacial score (nSPS) is 10.8. The first kappa shape index (κ1) is 62.7. The predicted octanol–water partition coefficient (Wildman–Crippen LogP) is 19.9. The van der Waals surface area contributed by atoms with Gasteiger partial charge in [0.05, 0.1) is 132 Å². The molecule has 0 amide bonds. The Bertz CT molecular complexity index is 6340. The van der Waals surface area contributed by atoms with Crippen LogP contribution in [0.1, 0.15) is 50.1 Å². The molecule has 0 aliphatic heterocycles. The highest BCUT2D eigenvalue weighted by molar-refractivity contribution is 6.14. The molecular weight excluding hydrogens is 1280 g/mol. The van der Waals surface area contributed by atoms with E-state index in [2.05, 4.69) is 106 Å². The standard InChI is InChI=1S/C90H44N14/c91-45-54-8-7-13-65(30-54)66-14-23-85(104-86-24-17-69(73-35-59(50-96)28-60(36-73)51-97)42-81(86)82-43-70(18-25-87(82)104)74-37-61(52-98)29-62(38-74)53-99)78(39-66)77-44-75(19-20-76(77)90-101-88(63-9-3-1-4-10-63)100-89(102-90)64-11-5-2-6-12-64)103-83-21-15-67(71-31-55(46-92)26-56(32-71)47-93)40-79(83)80-41-68(16-22-84(80)103)72-33-57(48-94)27-58(34-72)49-95/h1-44H. The second kappa shape index (κ2) is 26.0. The number of aromatic nitrogens is 5. The van der Waals surface area contributed by atoms with Crippen molar-refractivity contribution >= 4 is 43.6 Å². The molecule has 0 radical (unpaired) electrons. The fraction of sp³-hybridized carbons (Fsp3) is 0. The quantitative estimate of drug-likeness (QED) is 0.117. The lowest BCUT2D eigenvalue weighted by Gasteiger charge is -2.20. The van der Waals surface area contributed by atoms with Crippen LogP contribution in [-0.4, -0.2) is 24.1 Å². The minimum atomic E-state index is 0.327.